The van der Waals surface area contributed by atoms with Gasteiger partial charge in [-0.15, -0.1) is 0 Å². The SMILES string of the molecule is O=C(CN1C(=O)[C@@H]2CCCCN2c2ccc(C(=O)N3CCCC3)cc21)N1CCN(c2ccccn2)CC1. The third-order valence-electron chi connectivity index (χ3n) is 8.17. The average Bonchev–Trinajstić information content (AvgIpc) is 3.50. The normalized spacial score (nSPS) is 21.7. The number of rotatable bonds is 4. The highest BCUT2D eigenvalue weighted by Gasteiger charge is 2.41. The van der Waals surface area contributed by atoms with Gasteiger partial charge in [-0.3, -0.25) is 19.3 Å². The molecule has 3 fully saturated rings. The van der Waals surface area contributed by atoms with Gasteiger partial charge in [-0.2, -0.15) is 0 Å². The number of aromatic nitrogens is 1. The van der Waals surface area contributed by atoms with Crippen molar-refractivity contribution in [2.75, 3.05) is 67.1 Å². The molecule has 2 aromatic rings. The van der Waals surface area contributed by atoms with E-state index >= 15 is 0 Å². The molecular formula is C28H34N6O3. The van der Waals surface area contributed by atoms with Crippen molar-refractivity contribution in [2.24, 2.45) is 0 Å². The number of piperidine rings is 1. The molecule has 3 amide bonds. The number of carbonyl (C=O) groups excluding carboxylic acids is 3. The van der Waals surface area contributed by atoms with Crippen molar-refractivity contribution in [2.45, 2.75) is 38.1 Å². The van der Waals surface area contributed by atoms with Gasteiger partial charge in [0.05, 0.1) is 11.4 Å². The summed E-state index contributed by atoms with van der Waals surface area (Å²) >= 11 is 0. The Labute approximate surface area is 217 Å². The molecule has 4 aliphatic heterocycles. The molecule has 6 rings (SSSR count). The van der Waals surface area contributed by atoms with Crippen LogP contribution in [0.2, 0.25) is 0 Å². The standard InChI is InChI=1S/C28H34N6O3/c35-26(31-17-15-30(16-18-31)25-8-1-3-11-29-25)20-34-24-19-21(27(36)32-12-5-6-13-32)9-10-22(24)33-14-4-2-7-23(33)28(34)37/h1,3,8-11,19,23H,2,4-7,12-18,20H2/t23-/m0/s1. The van der Waals surface area contributed by atoms with Gasteiger partial charge in [-0.1, -0.05) is 6.07 Å². The second-order valence-corrected chi connectivity index (χ2v) is 10.4. The van der Waals surface area contributed by atoms with Gasteiger partial charge in [0.2, 0.25) is 11.8 Å². The number of carbonyl (C=O) groups is 3. The number of likely N-dealkylation sites (tertiary alicyclic amines) is 1. The largest absolute Gasteiger partial charge is 0.358 e. The number of nitrogens with zero attached hydrogens (tertiary/aromatic N) is 6. The van der Waals surface area contributed by atoms with E-state index in [1.807, 2.05) is 46.2 Å². The van der Waals surface area contributed by atoms with Gasteiger partial charge < -0.3 is 19.6 Å². The van der Waals surface area contributed by atoms with Crippen LogP contribution in [0.3, 0.4) is 0 Å². The summed E-state index contributed by atoms with van der Waals surface area (Å²) < 4.78 is 0. The number of fused-ring (bicyclic) bond motifs is 3. The van der Waals surface area contributed by atoms with Crippen molar-refractivity contribution < 1.29 is 14.4 Å². The summed E-state index contributed by atoms with van der Waals surface area (Å²) in [7, 11) is 0. The van der Waals surface area contributed by atoms with Crippen molar-refractivity contribution in [1.29, 1.82) is 0 Å². The minimum atomic E-state index is -0.241. The number of benzene rings is 1. The fourth-order valence-corrected chi connectivity index (χ4v) is 6.12. The zero-order valence-corrected chi connectivity index (χ0v) is 21.2. The molecule has 0 saturated carbocycles. The molecule has 0 aliphatic carbocycles. The zero-order valence-electron chi connectivity index (χ0n) is 21.2. The average molecular weight is 503 g/mol. The predicted molar refractivity (Wildman–Crippen MR) is 142 cm³/mol. The van der Waals surface area contributed by atoms with Crippen LogP contribution >= 0.6 is 0 Å². The van der Waals surface area contributed by atoms with E-state index in [0.717, 1.165) is 63.2 Å². The summed E-state index contributed by atoms with van der Waals surface area (Å²) in [4.78, 5) is 54.5. The molecule has 4 aliphatic rings. The van der Waals surface area contributed by atoms with Crippen LogP contribution in [-0.4, -0.2) is 90.9 Å². The molecule has 1 aromatic heterocycles. The summed E-state index contributed by atoms with van der Waals surface area (Å²) in [5, 5.41) is 0. The van der Waals surface area contributed by atoms with Gasteiger partial charge in [0.1, 0.15) is 18.4 Å². The Kier molecular flexibility index (Phi) is 6.44. The summed E-state index contributed by atoms with van der Waals surface area (Å²) in [5.74, 6) is 0.840. The lowest BCUT2D eigenvalue weighted by Gasteiger charge is -2.45. The maximum absolute atomic E-state index is 13.7. The minimum absolute atomic E-state index is 0.00111. The Morgan fingerprint density at radius 2 is 1.62 bits per heavy atom. The monoisotopic (exact) mass is 502 g/mol. The quantitative estimate of drug-likeness (QED) is 0.639. The van der Waals surface area contributed by atoms with E-state index in [1.54, 1.807) is 11.1 Å². The lowest BCUT2D eigenvalue weighted by Crippen LogP contribution is -2.58. The van der Waals surface area contributed by atoms with Gasteiger partial charge in [0, 0.05) is 57.6 Å². The van der Waals surface area contributed by atoms with E-state index in [2.05, 4.69) is 14.8 Å². The van der Waals surface area contributed by atoms with Crippen LogP contribution in [0, 0.1) is 0 Å². The van der Waals surface area contributed by atoms with Crippen LogP contribution in [-0.2, 0) is 9.59 Å². The fourth-order valence-electron chi connectivity index (χ4n) is 6.12. The molecule has 0 radical (unpaired) electrons. The van der Waals surface area contributed by atoms with Crippen molar-refractivity contribution in [3.8, 4) is 0 Å². The first-order valence-electron chi connectivity index (χ1n) is 13.6. The van der Waals surface area contributed by atoms with Crippen LogP contribution < -0.4 is 14.7 Å². The maximum atomic E-state index is 13.7. The first kappa shape index (κ1) is 23.8. The van der Waals surface area contributed by atoms with Gasteiger partial charge >= 0.3 is 0 Å². The lowest BCUT2D eigenvalue weighted by atomic mass is 9.95. The van der Waals surface area contributed by atoms with Crippen LogP contribution in [0.25, 0.3) is 0 Å². The maximum Gasteiger partial charge on any atom is 0.253 e. The predicted octanol–water partition coefficient (Wildman–Crippen LogP) is 2.37. The van der Waals surface area contributed by atoms with Crippen molar-refractivity contribution in [3.05, 3.63) is 48.2 Å². The Balaban J connectivity index is 1.23. The lowest BCUT2D eigenvalue weighted by molar-refractivity contribution is -0.132. The molecule has 0 unspecified atom stereocenters. The molecule has 0 spiro atoms. The Bertz CT molecular complexity index is 1170. The molecule has 9 nitrogen and oxygen atoms in total. The Hall–Kier alpha value is -3.62. The van der Waals surface area contributed by atoms with Crippen LogP contribution in [0.5, 0.6) is 0 Å². The van der Waals surface area contributed by atoms with Gasteiger partial charge in [-0.05, 0) is 62.4 Å². The highest BCUT2D eigenvalue weighted by Crippen LogP contribution is 2.40. The van der Waals surface area contributed by atoms with Crippen LogP contribution in [0.4, 0.5) is 17.2 Å². The molecule has 3 saturated heterocycles. The fraction of sp³-hybridized carbons (Fsp3) is 0.500. The van der Waals surface area contributed by atoms with E-state index in [-0.39, 0.29) is 30.3 Å². The highest BCUT2D eigenvalue weighted by atomic mass is 16.2. The number of anilines is 3. The molecule has 9 heteroatoms. The molecule has 37 heavy (non-hydrogen) atoms. The minimum Gasteiger partial charge on any atom is -0.358 e. The number of hydrogen-bond acceptors (Lipinski definition) is 6. The Morgan fingerprint density at radius 1 is 0.838 bits per heavy atom. The van der Waals surface area contributed by atoms with E-state index in [0.29, 0.717) is 37.4 Å². The van der Waals surface area contributed by atoms with E-state index in [9.17, 15) is 14.4 Å². The highest BCUT2D eigenvalue weighted by molar-refractivity contribution is 6.10. The number of piperazine rings is 1. The van der Waals surface area contributed by atoms with E-state index in [1.165, 1.54) is 0 Å². The molecular weight excluding hydrogens is 468 g/mol. The molecule has 5 heterocycles. The van der Waals surface area contributed by atoms with Gasteiger partial charge in [0.15, 0.2) is 0 Å². The number of amides is 3. The van der Waals surface area contributed by atoms with E-state index < -0.39 is 0 Å². The number of pyridine rings is 1. The topological polar surface area (TPSA) is 80.3 Å². The van der Waals surface area contributed by atoms with Crippen LogP contribution in [0.15, 0.2) is 42.6 Å². The van der Waals surface area contributed by atoms with Crippen molar-refractivity contribution in [1.82, 2.24) is 14.8 Å². The van der Waals surface area contributed by atoms with Crippen molar-refractivity contribution in [3.63, 3.8) is 0 Å². The third-order valence-corrected chi connectivity index (χ3v) is 8.17. The second kappa shape index (κ2) is 10.0. The van der Waals surface area contributed by atoms with Crippen molar-refractivity contribution >= 4 is 34.9 Å². The molecule has 0 N–H and O–H groups in total. The summed E-state index contributed by atoms with van der Waals surface area (Å²) in [6, 6.07) is 11.3. The first-order valence-corrected chi connectivity index (χ1v) is 13.6. The molecule has 1 aromatic carbocycles. The first-order chi connectivity index (χ1) is 18.1. The summed E-state index contributed by atoms with van der Waals surface area (Å²) in [6.07, 6.45) is 6.67. The molecule has 1 atom stereocenters. The molecule has 194 valence electrons. The smallest absolute Gasteiger partial charge is 0.253 e. The number of hydrogen-bond donors (Lipinski definition) is 0. The second-order valence-electron chi connectivity index (χ2n) is 10.4. The van der Waals surface area contributed by atoms with Crippen LogP contribution in [0.1, 0.15) is 42.5 Å². The zero-order chi connectivity index (χ0) is 25.4. The van der Waals surface area contributed by atoms with Gasteiger partial charge in [-0.25, -0.2) is 4.98 Å². The van der Waals surface area contributed by atoms with E-state index in [4.69, 9.17) is 0 Å². The Morgan fingerprint density at radius 3 is 2.38 bits per heavy atom. The summed E-state index contributed by atoms with van der Waals surface area (Å²) in [5.41, 5.74) is 2.23. The van der Waals surface area contributed by atoms with Gasteiger partial charge in [0.25, 0.3) is 5.91 Å². The third kappa shape index (κ3) is 4.51. The summed E-state index contributed by atoms with van der Waals surface area (Å²) in [6.45, 7) is 4.96. The molecule has 0 bridgehead atoms.